The third-order valence-corrected chi connectivity index (χ3v) is 3.26. The van der Waals surface area contributed by atoms with Gasteiger partial charge in [-0.3, -0.25) is 0 Å². The summed E-state index contributed by atoms with van der Waals surface area (Å²) in [4.78, 5) is 0. The van der Waals surface area contributed by atoms with Crippen molar-refractivity contribution < 1.29 is 14.2 Å². The van der Waals surface area contributed by atoms with Gasteiger partial charge in [0.1, 0.15) is 5.75 Å². The van der Waals surface area contributed by atoms with E-state index in [2.05, 4.69) is 6.07 Å². The van der Waals surface area contributed by atoms with Crippen LogP contribution in [0.5, 0.6) is 17.2 Å². The van der Waals surface area contributed by atoms with Crippen molar-refractivity contribution in [3.05, 3.63) is 53.1 Å². The minimum atomic E-state index is 0.605. The lowest BCUT2D eigenvalue weighted by atomic mass is 10.1. The van der Waals surface area contributed by atoms with Crippen molar-refractivity contribution in [3.63, 3.8) is 0 Å². The number of nitrogens with zero attached hydrogens (tertiary/aromatic N) is 1. The average molecular weight is 295 g/mol. The van der Waals surface area contributed by atoms with Crippen LogP contribution in [-0.4, -0.2) is 21.3 Å². The van der Waals surface area contributed by atoms with Crippen molar-refractivity contribution >= 4 is 12.2 Å². The molecule has 0 aliphatic heterocycles. The zero-order valence-corrected chi connectivity index (χ0v) is 12.8. The molecule has 0 N–H and O–H groups in total. The first-order valence-corrected chi connectivity index (χ1v) is 6.70. The standard InChI is InChI=1S/C18H17NO3/c1-20-16-11-18(22-3)17(21-2)10-14(16)9-8-13-6-4-5-7-15(13)12-19/h4-11H,1-3H3. The molecule has 0 heterocycles. The van der Waals surface area contributed by atoms with Crippen LogP contribution in [0.25, 0.3) is 12.2 Å². The van der Waals surface area contributed by atoms with Gasteiger partial charge in [-0.05, 0) is 17.7 Å². The fraction of sp³-hybridized carbons (Fsp3) is 0.167. The molecular weight excluding hydrogens is 278 g/mol. The number of benzene rings is 2. The molecule has 0 saturated heterocycles. The van der Waals surface area contributed by atoms with Crippen LogP contribution in [-0.2, 0) is 0 Å². The number of rotatable bonds is 5. The van der Waals surface area contributed by atoms with Crippen LogP contribution in [0.4, 0.5) is 0 Å². The second-order valence-corrected chi connectivity index (χ2v) is 4.48. The van der Waals surface area contributed by atoms with E-state index in [4.69, 9.17) is 19.5 Å². The molecule has 0 unspecified atom stereocenters. The van der Waals surface area contributed by atoms with Crippen molar-refractivity contribution in [1.82, 2.24) is 0 Å². The molecule has 0 bridgehead atoms. The third kappa shape index (κ3) is 3.21. The van der Waals surface area contributed by atoms with Crippen molar-refractivity contribution in [3.8, 4) is 23.3 Å². The molecular formula is C18H17NO3. The highest BCUT2D eigenvalue weighted by molar-refractivity contribution is 5.76. The molecule has 0 aromatic heterocycles. The SMILES string of the molecule is COc1cc(OC)c(OC)cc1C=Cc1ccccc1C#N. The van der Waals surface area contributed by atoms with Crippen molar-refractivity contribution in [2.45, 2.75) is 0 Å². The highest BCUT2D eigenvalue weighted by Crippen LogP contribution is 2.35. The van der Waals surface area contributed by atoms with Crippen LogP contribution in [0.1, 0.15) is 16.7 Å². The van der Waals surface area contributed by atoms with Gasteiger partial charge in [0.05, 0.1) is 33.0 Å². The van der Waals surface area contributed by atoms with Crippen LogP contribution in [0.2, 0.25) is 0 Å². The molecule has 4 nitrogen and oxygen atoms in total. The Morgan fingerprint density at radius 1 is 0.818 bits per heavy atom. The van der Waals surface area contributed by atoms with E-state index >= 15 is 0 Å². The number of hydrogen-bond acceptors (Lipinski definition) is 4. The highest BCUT2D eigenvalue weighted by Gasteiger charge is 2.10. The zero-order valence-electron chi connectivity index (χ0n) is 12.8. The van der Waals surface area contributed by atoms with Gasteiger partial charge < -0.3 is 14.2 Å². The molecule has 4 heteroatoms. The Labute approximate surface area is 130 Å². The molecule has 0 amide bonds. The van der Waals surface area contributed by atoms with Crippen LogP contribution < -0.4 is 14.2 Å². The largest absolute Gasteiger partial charge is 0.496 e. The van der Waals surface area contributed by atoms with Gasteiger partial charge in [-0.25, -0.2) is 0 Å². The summed E-state index contributed by atoms with van der Waals surface area (Å²) in [6.07, 6.45) is 3.76. The third-order valence-electron chi connectivity index (χ3n) is 3.26. The monoisotopic (exact) mass is 295 g/mol. The van der Waals surface area contributed by atoms with Gasteiger partial charge in [0.2, 0.25) is 0 Å². The first-order valence-electron chi connectivity index (χ1n) is 6.70. The molecule has 2 rings (SSSR count). The van der Waals surface area contributed by atoms with E-state index in [1.54, 1.807) is 33.5 Å². The Bertz CT molecular complexity index is 730. The fourth-order valence-electron chi connectivity index (χ4n) is 2.11. The van der Waals surface area contributed by atoms with Crippen LogP contribution in [0.3, 0.4) is 0 Å². The smallest absolute Gasteiger partial charge is 0.164 e. The summed E-state index contributed by atoms with van der Waals surface area (Å²) in [5.41, 5.74) is 2.31. The molecule has 2 aromatic carbocycles. The molecule has 0 spiro atoms. The van der Waals surface area contributed by atoms with E-state index < -0.39 is 0 Å². The van der Waals surface area contributed by atoms with Crippen LogP contribution >= 0.6 is 0 Å². The summed E-state index contributed by atoms with van der Waals surface area (Å²) in [5.74, 6) is 1.90. The second kappa shape index (κ2) is 7.19. The maximum absolute atomic E-state index is 9.12. The predicted octanol–water partition coefficient (Wildman–Crippen LogP) is 3.75. The number of ether oxygens (including phenoxy) is 3. The van der Waals surface area contributed by atoms with Gasteiger partial charge in [-0.15, -0.1) is 0 Å². The van der Waals surface area contributed by atoms with Crippen molar-refractivity contribution in [1.29, 1.82) is 5.26 Å². The van der Waals surface area contributed by atoms with Crippen molar-refractivity contribution in [2.75, 3.05) is 21.3 Å². The van der Waals surface area contributed by atoms with E-state index in [0.717, 1.165) is 11.1 Å². The molecule has 0 atom stereocenters. The number of methoxy groups -OCH3 is 3. The lowest BCUT2D eigenvalue weighted by molar-refractivity contribution is 0.348. The summed E-state index contributed by atoms with van der Waals surface area (Å²) in [6, 6.07) is 13.2. The van der Waals surface area contributed by atoms with E-state index in [1.165, 1.54) is 0 Å². The van der Waals surface area contributed by atoms with Gasteiger partial charge in [-0.1, -0.05) is 30.4 Å². The summed E-state index contributed by atoms with van der Waals surface area (Å²) in [7, 11) is 4.76. The van der Waals surface area contributed by atoms with Gasteiger partial charge >= 0.3 is 0 Å². The molecule has 0 radical (unpaired) electrons. The summed E-state index contributed by atoms with van der Waals surface area (Å²) in [5, 5.41) is 9.12. The second-order valence-electron chi connectivity index (χ2n) is 4.48. The van der Waals surface area contributed by atoms with Crippen LogP contribution in [0.15, 0.2) is 36.4 Å². The van der Waals surface area contributed by atoms with Crippen LogP contribution in [0, 0.1) is 11.3 Å². The molecule has 0 aliphatic rings. The fourth-order valence-corrected chi connectivity index (χ4v) is 2.11. The Balaban J connectivity index is 2.44. The Kier molecular flexibility index (Phi) is 5.05. The molecule has 0 fully saturated rings. The average Bonchev–Trinajstić information content (AvgIpc) is 2.59. The first-order chi connectivity index (χ1) is 10.7. The van der Waals surface area contributed by atoms with E-state index in [-0.39, 0.29) is 0 Å². The summed E-state index contributed by atoms with van der Waals surface area (Å²) < 4.78 is 15.9. The highest BCUT2D eigenvalue weighted by atomic mass is 16.5. The minimum absolute atomic E-state index is 0.605. The Hall–Kier alpha value is -2.93. The molecule has 0 saturated carbocycles. The van der Waals surface area contributed by atoms with Gasteiger partial charge in [0.25, 0.3) is 0 Å². The number of hydrogen-bond donors (Lipinski definition) is 0. The van der Waals surface area contributed by atoms with E-state index in [1.807, 2.05) is 36.4 Å². The normalized spacial score (nSPS) is 10.3. The summed E-state index contributed by atoms with van der Waals surface area (Å²) >= 11 is 0. The maximum atomic E-state index is 9.12. The summed E-state index contributed by atoms with van der Waals surface area (Å²) in [6.45, 7) is 0. The lowest BCUT2D eigenvalue weighted by Gasteiger charge is -2.12. The topological polar surface area (TPSA) is 51.5 Å². The number of nitriles is 1. The van der Waals surface area contributed by atoms with Crippen molar-refractivity contribution in [2.24, 2.45) is 0 Å². The Morgan fingerprint density at radius 2 is 1.41 bits per heavy atom. The minimum Gasteiger partial charge on any atom is -0.496 e. The predicted molar refractivity (Wildman–Crippen MR) is 86.2 cm³/mol. The molecule has 0 aliphatic carbocycles. The first kappa shape index (κ1) is 15.5. The molecule has 22 heavy (non-hydrogen) atoms. The van der Waals surface area contributed by atoms with Gasteiger partial charge in [0.15, 0.2) is 11.5 Å². The van der Waals surface area contributed by atoms with E-state index in [9.17, 15) is 0 Å². The quantitative estimate of drug-likeness (QED) is 0.788. The Morgan fingerprint density at radius 3 is 2.05 bits per heavy atom. The lowest BCUT2D eigenvalue weighted by Crippen LogP contribution is -1.94. The van der Waals surface area contributed by atoms with Gasteiger partial charge in [-0.2, -0.15) is 5.26 Å². The molecule has 2 aromatic rings. The van der Waals surface area contributed by atoms with E-state index in [0.29, 0.717) is 22.8 Å². The maximum Gasteiger partial charge on any atom is 0.164 e. The van der Waals surface area contributed by atoms with Gasteiger partial charge in [0, 0.05) is 11.6 Å². The molecule has 112 valence electrons. The zero-order chi connectivity index (χ0) is 15.9.